The molecule has 2 unspecified atom stereocenters. The van der Waals surface area contributed by atoms with Crippen molar-refractivity contribution in [3.63, 3.8) is 0 Å². The molecule has 23 heavy (non-hydrogen) atoms. The number of ether oxygens (including phenoxy) is 2. The molecule has 6 nitrogen and oxygen atoms in total. The van der Waals surface area contributed by atoms with E-state index in [1.54, 1.807) is 6.92 Å². The minimum Gasteiger partial charge on any atom is -0.481 e. The second-order valence-corrected chi connectivity index (χ2v) is 5.62. The van der Waals surface area contributed by atoms with Crippen LogP contribution in [0.4, 0.5) is 4.39 Å². The van der Waals surface area contributed by atoms with Crippen molar-refractivity contribution >= 4 is 23.5 Å². The Morgan fingerprint density at radius 2 is 2.30 bits per heavy atom. The zero-order valence-corrected chi connectivity index (χ0v) is 13.3. The van der Waals surface area contributed by atoms with E-state index in [0.717, 1.165) is 6.07 Å². The highest BCUT2D eigenvalue weighted by molar-refractivity contribution is 6.32. The first kappa shape index (κ1) is 17.5. The smallest absolute Gasteiger partial charge is 0.306 e. The van der Waals surface area contributed by atoms with Crippen molar-refractivity contribution in [2.24, 2.45) is 0 Å². The van der Waals surface area contributed by atoms with Crippen molar-refractivity contribution in [2.45, 2.75) is 25.6 Å². The van der Waals surface area contributed by atoms with Crippen LogP contribution in [0.5, 0.6) is 5.75 Å². The van der Waals surface area contributed by atoms with E-state index in [0.29, 0.717) is 6.54 Å². The molecule has 1 heterocycles. The number of hydrogen-bond acceptors (Lipinski definition) is 4. The summed E-state index contributed by atoms with van der Waals surface area (Å²) in [5, 5.41) is 8.87. The number of halogens is 2. The van der Waals surface area contributed by atoms with Gasteiger partial charge in [-0.2, -0.15) is 0 Å². The number of carbonyl (C=O) groups excluding carboxylic acids is 1. The van der Waals surface area contributed by atoms with Crippen molar-refractivity contribution in [1.82, 2.24) is 4.90 Å². The molecule has 1 aromatic carbocycles. The van der Waals surface area contributed by atoms with E-state index >= 15 is 0 Å². The number of morpholine rings is 1. The molecule has 1 aromatic rings. The lowest BCUT2D eigenvalue weighted by Crippen LogP contribution is -2.50. The molecular formula is C15H17ClFNO5. The third kappa shape index (κ3) is 4.80. The molecule has 2 rings (SSSR count). The van der Waals surface area contributed by atoms with E-state index in [1.807, 2.05) is 0 Å². The number of nitrogens with zero attached hydrogens (tertiary/aromatic N) is 1. The highest BCUT2D eigenvalue weighted by atomic mass is 35.5. The molecule has 0 radical (unpaired) electrons. The van der Waals surface area contributed by atoms with Gasteiger partial charge in [-0.05, 0) is 25.1 Å². The molecule has 0 aliphatic carbocycles. The van der Waals surface area contributed by atoms with Gasteiger partial charge < -0.3 is 19.5 Å². The molecule has 0 bridgehead atoms. The number of carbonyl (C=O) groups is 2. The Kier molecular flexibility index (Phi) is 5.79. The molecule has 2 atom stereocenters. The lowest BCUT2D eigenvalue weighted by Gasteiger charge is -2.33. The number of carboxylic acids is 1. The summed E-state index contributed by atoms with van der Waals surface area (Å²) in [5.74, 6) is -1.56. The standard InChI is InChI=1S/C15H17ClFNO5/c1-9(23-13-3-2-10(17)6-12(13)16)15(21)18-4-5-22-11(8-18)7-14(19)20/h2-3,6,9,11H,4-5,7-8H2,1H3,(H,19,20). The number of carboxylic acid groups (broad SMARTS) is 1. The number of rotatable bonds is 5. The average Bonchev–Trinajstić information content (AvgIpc) is 2.49. The maximum absolute atomic E-state index is 13.0. The number of aliphatic carboxylic acids is 1. The van der Waals surface area contributed by atoms with Gasteiger partial charge in [-0.1, -0.05) is 11.6 Å². The highest BCUT2D eigenvalue weighted by Crippen LogP contribution is 2.26. The van der Waals surface area contributed by atoms with Gasteiger partial charge in [-0.3, -0.25) is 9.59 Å². The third-order valence-electron chi connectivity index (χ3n) is 3.40. The second-order valence-electron chi connectivity index (χ2n) is 5.21. The van der Waals surface area contributed by atoms with Gasteiger partial charge in [0, 0.05) is 13.1 Å². The van der Waals surface area contributed by atoms with Gasteiger partial charge in [0.1, 0.15) is 11.6 Å². The SMILES string of the molecule is CC(Oc1ccc(F)cc1Cl)C(=O)N1CCOC(CC(=O)O)C1. The molecule has 8 heteroatoms. The van der Waals surface area contributed by atoms with Gasteiger partial charge in [0.05, 0.1) is 24.2 Å². The van der Waals surface area contributed by atoms with Crippen LogP contribution in [0.2, 0.25) is 5.02 Å². The van der Waals surface area contributed by atoms with Gasteiger partial charge in [-0.25, -0.2) is 4.39 Å². The summed E-state index contributed by atoms with van der Waals surface area (Å²) in [6.45, 7) is 2.38. The monoisotopic (exact) mass is 345 g/mol. The van der Waals surface area contributed by atoms with Crippen LogP contribution in [0.3, 0.4) is 0 Å². The van der Waals surface area contributed by atoms with Crippen molar-refractivity contribution < 1.29 is 28.6 Å². The zero-order chi connectivity index (χ0) is 17.0. The summed E-state index contributed by atoms with van der Waals surface area (Å²) in [6, 6.07) is 3.65. The van der Waals surface area contributed by atoms with Gasteiger partial charge in [-0.15, -0.1) is 0 Å². The Bertz CT molecular complexity index is 597. The molecule has 1 aliphatic heterocycles. The fraction of sp³-hybridized carbons (Fsp3) is 0.467. The van der Waals surface area contributed by atoms with Crippen LogP contribution in [0.1, 0.15) is 13.3 Å². The van der Waals surface area contributed by atoms with Gasteiger partial charge in [0.2, 0.25) is 0 Å². The van der Waals surface area contributed by atoms with E-state index < -0.39 is 24.0 Å². The van der Waals surface area contributed by atoms with E-state index in [-0.39, 0.29) is 36.3 Å². The molecule has 1 saturated heterocycles. The summed E-state index contributed by atoms with van der Waals surface area (Å²) < 4.78 is 23.8. The predicted molar refractivity (Wildman–Crippen MR) is 80.1 cm³/mol. The molecule has 1 N–H and O–H groups in total. The minimum atomic E-state index is -0.980. The first-order chi connectivity index (χ1) is 10.9. The number of hydrogen-bond donors (Lipinski definition) is 1. The average molecular weight is 346 g/mol. The van der Waals surface area contributed by atoms with Crippen LogP contribution in [0.15, 0.2) is 18.2 Å². The Labute approximate surface area is 137 Å². The zero-order valence-electron chi connectivity index (χ0n) is 12.5. The molecule has 0 aromatic heterocycles. The van der Waals surface area contributed by atoms with Gasteiger partial charge in [0.15, 0.2) is 6.10 Å². The molecule has 0 saturated carbocycles. The van der Waals surface area contributed by atoms with E-state index in [4.69, 9.17) is 26.2 Å². The molecule has 0 spiro atoms. The molecule has 1 fully saturated rings. The Morgan fingerprint density at radius 1 is 1.57 bits per heavy atom. The maximum Gasteiger partial charge on any atom is 0.306 e. The highest BCUT2D eigenvalue weighted by Gasteiger charge is 2.29. The predicted octanol–water partition coefficient (Wildman–Crippen LogP) is 1.95. The lowest BCUT2D eigenvalue weighted by molar-refractivity contribution is -0.151. The fourth-order valence-electron chi connectivity index (χ4n) is 2.31. The number of benzene rings is 1. The second kappa shape index (κ2) is 7.61. The largest absolute Gasteiger partial charge is 0.481 e. The minimum absolute atomic E-state index is 0.0791. The maximum atomic E-state index is 13.0. The first-order valence-corrected chi connectivity index (χ1v) is 7.48. The summed E-state index contributed by atoms with van der Waals surface area (Å²) >= 11 is 5.87. The normalized spacial score (nSPS) is 19.3. The summed E-state index contributed by atoms with van der Waals surface area (Å²) in [5.41, 5.74) is 0. The van der Waals surface area contributed by atoms with Crippen molar-refractivity contribution in [2.75, 3.05) is 19.7 Å². The molecular weight excluding hydrogens is 329 g/mol. The van der Waals surface area contributed by atoms with E-state index in [9.17, 15) is 14.0 Å². The Balaban J connectivity index is 1.97. The molecule has 126 valence electrons. The summed E-state index contributed by atoms with van der Waals surface area (Å²) in [7, 11) is 0. The van der Waals surface area contributed by atoms with Crippen molar-refractivity contribution in [3.05, 3.63) is 29.0 Å². The lowest BCUT2D eigenvalue weighted by atomic mass is 10.2. The van der Waals surface area contributed by atoms with Crippen LogP contribution in [-0.4, -0.2) is 53.8 Å². The van der Waals surface area contributed by atoms with Crippen LogP contribution in [-0.2, 0) is 14.3 Å². The number of amides is 1. The Morgan fingerprint density at radius 3 is 2.96 bits per heavy atom. The van der Waals surface area contributed by atoms with Gasteiger partial charge in [0.25, 0.3) is 5.91 Å². The molecule has 1 amide bonds. The quantitative estimate of drug-likeness (QED) is 0.882. The van der Waals surface area contributed by atoms with Gasteiger partial charge >= 0.3 is 5.97 Å². The summed E-state index contributed by atoms with van der Waals surface area (Å²) in [4.78, 5) is 24.6. The van der Waals surface area contributed by atoms with E-state index in [2.05, 4.69) is 0 Å². The van der Waals surface area contributed by atoms with E-state index in [1.165, 1.54) is 17.0 Å². The fourth-order valence-corrected chi connectivity index (χ4v) is 2.52. The van der Waals surface area contributed by atoms with Crippen LogP contribution < -0.4 is 4.74 Å². The summed E-state index contributed by atoms with van der Waals surface area (Å²) in [6.07, 6.45) is -1.53. The topological polar surface area (TPSA) is 76.1 Å². The Hall–Kier alpha value is -1.86. The molecule has 1 aliphatic rings. The van der Waals surface area contributed by atoms with Crippen LogP contribution >= 0.6 is 11.6 Å². The van der Waals surface area contributed by atoms with Crippen LogP contribution in [0.25, 0.3) is 0 Å². The van der Waals surface area contributed by atoms with Crippen molar-refractivity contribution in [1.29, 1.82) is 0 Å². The van der Waals surface area contributed by atoms with Crippen molar-refractivity contribution in [3.8, 4) is 5.75 Å². The third-order valence-corrected chi connectivity index (χ3v) is 3.69. The first-order valence-electron chi connectivity index (χ1n) is 7.10. The van der Waals surface area contributed by atoms with Crippen LogP contribution in [0, 0.1) is 5.82 Å².